The molecule has 9 nitrogen and oxygen atoms in total. The number of aliphatic hydroxyl groups is 1. The summed E-state index contributed by atoms with van der Waals surface area (Å²) in [4.78, 5) is 19.7. The van der Waals surface area contributed by atoms with Crippen molar-refractivity contribution in [2.24, 2.45) is 16.9 Å². The first kappa shape index (κ1) is 23.3. The standard InChI is InChI=1S/C29H31N6O3/c1-38-25-12-24-28(31-27(25)23-7-3-5-18-4-2-6-22(18)23)26(33-32-24)20-13-30-35(16-20)15-17-8-9-34(14-17)29(37)19-10-21(36)11-19/h3,5,7,12-13,15-17,19,21,36H,2,4,6,8-11,14H2,1H3,(H,32,33)/q+1/b35-15-. The Morgan fingerprint density at radius 2 is 2.16 bits per heavy atom. The van der Waals surface area contributed by atoms with Gasteiger partial charge in [0.25, 0.3) is 0 Å². The Labute approximate surface area is 220 Å². The Hall–Kier alpha value is -3.85. The van der Waals surface area contributed by atoms with Crippen molar-refractivity contribution in [1.82, 2.24) is 20.1 Å². The number of aromatic nitrogens is 3. The number of fused-ring (bicyclic) bond motifs is 2. The maximum atomic E-state index is 12.6. The number of hydrazone groups is 1. The van der Waals surface area contributed by atoms with Gasteiger partial charge in [0.15, 0.2) is 6.21 Å². The topological polar surface area (TPSA) is 107 Å². The van der Waals surface area contributed by atoms with Crippen molar-refractivity contribution in [3.63, 3.8) is 0 Å². The highest BCUT2D eigenvalue weighted by atomic mass is 16.5. The van der Waals surface area contributed by atoms with Crippen molar-refractivity contribution >= 4 is 34.9 Å². The largest absolute Gasteiger partial charge is 0.494 e. The number of nitrogens with zero attached hydrogens (tertiary/aromatic N) is 5. The van der Waals surface area contributed by atoms with Crippen LogP contribution in [-0.4, -0.2) is 74.5 Å². The Kier molecular flexibility index (Phi) is 5.61. The van der Waals surface area contributed by atoms with Gasteiger partial charge in [-0.05, 0) is 54.8 Å². The fourth-order valence-electron chi connectivity index (χ4n) is 6.24. The van der Waals surface area contributed by atoms with E-state index in [1.807, 2.05) is 28.1 Å². The van der Waals surface area contributed by atoms with Crippen LogP contribution in [0.5, 0.6) is 5.75 Å². The molecule has 0 spiro atoms. The Morgan fingerprint density at radius 3 is 3.00 bits per heavy atom. The zero-order valence-electron chi connectivity index (χ0n) is 21.4. The molecule has 1 amide bonds. The molecule has 2 N–H and O–H groups in total. The number of pyridine rings is 1. The summed E-state index contributed by atoms with van der Waals surface area (Å²) in [6, 6.07) is 8.43. The molecule has 1 saturated carbocycles. The van der Waals surface area contributed by atoms with E-state index in [0.29, 0.717) is 19.4 Å². The minimum atomic E-state index is -0.310. The lowest BCUT2D eigenvalue weighted by Crippen LogP contribution is -2.42. The van der Waals surface area contributed by atoms with Crippen LogP contribution in [0.15, 0.2) is 35.6 Å². The summed E-state index contributed by atoms with van der Waals surface area (Å²) in [5.74, 6) is 1.13. The molecular weight excluding hydrogens is 480 g/mol. The molecule has 1 aromatic carbocycles. The highest BCUT2D eigenvalue weighted by Gasteiger charge is 2.38. The molecule has 2 fully saturated rings. The van der Waals surface area contributed by atoms with Crippen LogP contribution in [0, 0.1) is 11.8 Å². The number of amides is 1. The average molecular weight is 512 g/mol. The third-order valence-electron chi connectivity index (χ3n) is 8.36. The predicted octanol–water partition coefficient (Wildman–Crippen LogP) is 3.17. The van der Waals surface area contributed by atoms with Crippen molar-refractivity contribution in [1.29, 1.82) is 0 Å². The van der Waals surface area contributed by atoms with Crippen molar-refractivity contribution in [3.8, 4) is 17.0 Å². The van der Waals surface area contributed by atoms with E-state index in [9.17, 15) is 9.90 Å². The first-order chi connectivity index (χ1) is 18.6. The molecule has 7 rings (SSSR count). The number of methoxy groups -OCH3 is 1. The van der Waals surface area contributed by atoms with E-state index in [1.165, 1.54) is 17.5 Å². The zero-order chi connectivity index (χ0) is 25.8. The summed E-state index contributed by atoms with van der Waals surface area (Å²) in [7, 11) is 1.68. The highest BCUT2D eigenvalue weighted by molar-refractivity contribution is 6.13. The fraction of sp³-hybridized carbons (Fsp3) is 0.414. The van der Waals surface area contributed by atoms with Crippen LogP contribution in [0.1, 0.15) is 42.5 Å². The monoisotopic (exact) mass is 511 g/mol. The second kappa shape index (κ2) is 9.16. The number of aliphatic hydroxyl groups excluding tert-OH is 1. The summed E-state index contributed by atoms with van der Waals surface area (Å²) < 4.78 is 7.57. The quantitative estimate of drug-likeness (QED) is 0.512. The number of likely N-dealkylation sites (tertiary alicyclic amines) is 1. The van der Waals surface area contributed by atoms with Gasteiger partial charge in [-0.15, -0.1) is 0 Å². The number of carbonyl (C=O) groups excluding carboxylic acids is 1. The van der Waals surface area contributed by atoms with Crippen LogP contribution >= 0.6 is 0 Å². The van der Waals surface area contributed by atoms with Gasteiger partial charge in [-0.1, -0.05) is 22.9 Å². The summed E-state index contributed by atoms with van der Waals surface area (Å²) in [5.41, 5.74) is 7.97. The first-order valence-electron chi connectivity index (χ1n) is 13.5. The number of carbonyl (C=O) groups is 1. The van der Waals surface area contributed by atoms with Crippen LogP contribution in [0.2, 0.25) is 0 Å². The number of benzene rings is 1. The van der Waals surface area contributed by atoms with E-state index < -0.39 is 0 Å². The summed E-state index contributed by atoms with van der Waals surface area (Å²) in [6.45, 7) is 1.44. The lowest BCUT2D eigenvalue weighted by atomic mass is 9.81. The minimum absolute atomic E-state index is 0.0130. The molecule has 2 aliphatic heterocycles. The molecule has 2 aromatic heterocycles. The van der Waals surface area contributed by atoms with Gasteiger partial charge in [0.1, 0.15) is 28.9 Å². The lowest BCUT2D eigenvalue weighted by Gasteiger charge is -2.33. The van der Waals surface area contributed by atoms with E-state index in [2.05, 4.69) is 39.7 Å². The van der Waals surface area contributed by atoms with Crippen LogP contribution in [-0.2, 0) is 17.6 Å². The van der Waals surface area contributed by atoms with Gasteiger partial charge in [-0.3, -0.25) is 9.89 Å². The SMILES string of the molecule is COc1cc2[nH]nc(C3=C/[N+](=C/C4CCN(C(=O)C5CC(O)C5)C4)N=C3)c2nc1-c1cccc2c1CCC2. The Balaban J connectivity index is 1.16. The van der Waals surface area contributed by atoms with E-state index in [-0.39, 0.29) is 23.8 Å². The maximum absolute atomic E-state index is 12.6. The number of nitrogens with one attached hydrogen (secondary N) is 1. The minimum Gasteiger partial charge on any atom is -0.494 e. The van der Waals surface area contributed by atoms with Crippen molar-refractivity contribution in [3.05, 3.63) is 47.3 Å². The summed E-state index contributed by atoms with van der Waals surface area (Å²) in [5, 5.41) is 21.8. The van der Waals surface area contributed by atoms with E-state index in [1.54, 1.807) is 7.11 Å². The fourth-order valence-corrected chi connectivity index (χ4v) is 6.24. The number of hydrogen-bond acceptors (Lipinski definition) is 6. The van der Waals surface area contributed by atoms with Gasteiger partial charge in [0.05, 0.1) is 30.2 Å². The van der Waals surface area contributed by atoms with E-state index >= 15 is 0 Å². The smallest absolute Gasteiger partial charge is 0.225 e. The van der Waals surface area contributed by atoms with E-state index in [4.69, 9.17) is 9.72 Å². The molecule has 1 saturated heterocycles. The van der Waals surface area contributed by atoms with Crippen LogP contribution in [0.4, 0.5) is 0 Å². The number of hydrogen-bond donors (Lipinski definition) is 2. The number of H-pyrrole nitrogens is 1. The number of ether oxygens (including phenoxy) is 1. The van der Waals surface area contributed by atoms with E-state index in [0.717, 1.165) is 65.1 Å². The van der Waals surface area contributed by atoms with Gasteiger partial charge < -0.3 is 14.7 Å². The zero-order valence-corrected chi connectivity index (χ0v) is 21.4. The number of aromatic amines is 1. The molecule has 4 heterocycles. The molecular formula is C29H31N6O3+. The van der Waals surface area contributed by atoms with Crippen molar-refractivity contribution in [2.75, 3.05) is 20.2 Å². The van der Waals surface area contributed by atoms with Crippen molar-refractivity contribution in [2.45, 2.75) is 44.6 Å². The molecule has 3 aromatic rings. The second-order valence-corrected chi connectivity index (χ2v) is 10.8. The Morgan fingerprint density at radius 1 is 1.26 bits per heavy atom. The molecule has 1 atom stereocenters. The predicted molar refractivity (Wildman–Crippen MR) is 144 cm³/mol. The molecule has 2 aliphatic carbocycles. The van der Waals surface area contributed by atoms with Gasteiger partial charge in [0.2, 0.25) is 12.1 Å². The molecule has 1 unspecified atom stereocenters. The number of rotatable bonds is 5. The summed E-state index contributed by atoms with van der Waals surface area (Å²) in [6.07, 6.45) is 11.0. The van der Waals surface area contributed by atoms with Crippen LogP contribution in [0.3, 0.4) is 0 Å². The van der Waals surface area contributed by atoms with Crippen LogP contribution in [0.25, 0.3) is 27.9 Å². The molecule has 0 radical (unpaired) electrons. The first-order valence-corrected chi connectivity index (χ1v) is 13.5. The molecule has 38 heavy (non-hydrogen) atoms. The molecule has 194 valence electrons. The average Bonchev–Trinajstić information content (AvgIpc) is 3.72. The molecule has 4 aliphatic rings. The third kappa shape index (κ3) is 3.93. The molecule has 9 heteroatoms. The maximum Gasteiger partial charge on any atom is 0.225 e. The van der Waals surface area contributed by atoms with Gasteiger partial charge in [-0.2, -0.15) is 5.10 Å². The second-order valence-electron chi connectivity index (χ2n) is 10.8. The normalized spacial score (nSPS) is 25.2. The lowest BCUT2D eigenvalue weighted by molar-refractivity contribution is -0.454. The Bertz CT molecular complexity index is 1530. The molecule has 0 bridgehead atoms. The third-order valence-corrected chi connectivity index (χ3v) is 8.36. The van der Waals surface area contributed by atoms with Crippen LogP contribution < -0.4 is 4.74 Å². The van der Waals surface area contributed by atoms with Gasteiger partial charge in [-0.25, -0.2) is 4.98 Å². The van der Waals surface area contributed by atoms with Gasteiger partial charge >= 0.3 is 0 Å². The number of aryl methyl sites for hydroxylation is 1. The van der Waals surface area contributed by atoms with Crippen molar-refractivity contribution < 1.29 is 19.3 Å². The summed E-state index contributed by atoms with van der Waals surface area (Å²) >= 11 is 0. The van der Waals surface area contributed by atoms with Gasteiger partial charge in [0, 0.05) is 30.6 Å². The highest BCUT2D eigenvalue weighted by Crippen LogP contribution is 2.38. The number of allylic oxidation sites excluding steroid dienone is 1.